The zero-order valence-electron chi connectivity index (χ0n) is 12.0. The predicted molar refractivity (Wildman–Crippen MR) is 80.6 cm³/mol. The van der Waals surface area contributed by atoms with Crippen molar-refractivity contribution in [2.45, 2.75) is 26.7 Å². The van der Waals surface area contributed by atoms with Crippen molar-refractivity contribution < 1.29 is 4.79 Å². The molecule has 0 bridgehead atoms. The highest BCUT2D eigenvalue weighted by Crippen LogP contribution is 2.15. The first-order valence-electron chi connectivity index (χ1n) is 7.06. The molecule has 0 saturated carbocycles. The summed E-state index contributed by atoms with van der Waals surface area (Å²) in [7, 11) is 0. The normalized spacial score (nSPS) is 10.3. The van der Waals surface area contributed by atoms with Crippen molar-refractivity contribution in [2.24, 2.45) is 5.73 Å². The van der Waals surface area contributed by atoms with Crippen LogP contribution in [0.5, 0.6) is 0 Å². The lowest BCUT2D eigenvalue weighted by molar-refractivity contribution is 0.0955. The Bertz CT molecular complexity index is 375. The van der Waals surface area contributed by atoms with Gasteiger partial charge < -0.3 is 16.0 Å². The summed E-state index contributed by atoms with van der Waals surface area (Å²) < 4.78 is 0. The number of benzene rings is 1. The van der Waals surface area contributed by atoms with Gasteiger partial charge in [-0.25, -0.2) is 0 Å². The van der Waals surface area contributed by atoms with E-state index in [9.17, 15) is 4.79 Å². The molecule has 106 valence electrons. The molecule has 0 fully saturated rings. The Morgan fingerprint density at radius 1 is 1.26 bits per heavy atom. The van der Waals surface area contributed by atoms with E-state index in [2.05, 4.69) is 24.1 Å². The third-order valence-electron chi connectivity index (χ3n) is 3.09. The molecule has 1 amide bonds. The van der Waals surface area contributed by atoms with Gasteiger partial charge in [-0.3, -0.25) is 4.79 Å². The average molecular weight is 263 g/mol. The maximum Gasteiger partial charge on any atom is 0.251 e. The Labute approximate surface area is 116 Å². The largest absolute Gasteiger partial charge is 0.372 e. The summed E-state index contributed by atoms with van der Waals surface area (Å²) in [6.07, 6.45) is 2.38. The molecule has 0 saturated heterocycles. The van der Waals surface area contributed by atoms with Gasteiger partial charge in [0.2, 0.25) is 0 Å². The zero-order chi connectivity index (χ0) is 14.1. The average Bonchev–Trinajstić information content (AvgIpc) is 2.46. The predicted octanol–water partition coefficient (Wildman–Crippen LogP) is 2.00. The second kappa shape index (κ2) is 8.53. The Morgan fingerprint density at radius 3 is 2.47 bits per heavy atom. The smallest absolute Gasteiger partial charge is 0.251 e. The fourth-order valence-electron chi connectivity index (χ4n) is 1.93. The lowest BCUT2D eigenvalue weighted by Crippen LogP contribution is -2.29. The number of unbranched alkanes of at least 4 members (excludes halogenated alkanes) is 1. The fourth-order valence-corrected chi connectivity index (χ4v) is 1.93. The van der Waals surface area contributed by atoms with Crippen LogP contribution in [-0.2, 0) is 0 Å². The first kappa shape index (κ1) is 15.5. The first-order valence-corrected chi connectivity index (χ1v) is 7.06. The summed E-state index contributed by atoms with van der Waals surface area (Å²) >= 11 is 0. The number of nitrogens with one attached hydrogen (secondary N) is 1. The van der Waals surface area contributed by atoms with E-state index >= 15 is 0 Å². The van der Waals surface area contributed by atoms with E-state index in [1.807, 2.05) is 24.3 Å². The van der Waals surface area contributed by atoms with Gasteiger partial charge in [0.1, 0.15) is 0 Å². The molecule has 4 heteroatoms. The monoisotopic (exact) mass is 263 g/mol. The highest BCUT2D eigenvalue weighted by Gasteiger charge is 2.07. The molecule has 4 nitrogen and oxygen atoms in total. The Balaban J connectivity index is 2.66. The molecule has 0 spiro atoms. The number of carbonyl (C=O) groups is 1. The van der Waals surface area contributed by atoms with Gasteiger partial charge in [0, 0.05) is 37.4 Å². The summed E-state index contributed by atoms with van der Waals surface area (Å²) in [4.78, 5) is 14.1. The van der Waals surface area contributed by atoms with Crippen LogP contribution in [0.1, 0.15) is 37.0 Å². The van der Waals surface area contributed by atoms with Crippen LogP contribution in [0.2, 0.25) is 0 Å². The molecule has 3 N–H and O–H groups in total. The Kier molecular flexibility index (Phi) is 6.97. The number of nitrogens with two attached hydrogens (primary N) is 1. The van der Waals surface area contributed by atoms with Crippen LogP contribution in [0.15, 0.2) is 24.3 Å². The highest BCUT2D eigenvalue weighted by atomic mass is 16.1. The molecule has 0 unspecified atom stereocenters. The number of carbonyl (C=O) groups excluding carboxylic acids is 1. The summed E-state index contributed by atoms with van der Waals surface area (Å²) in [5, 5.41) is 2.77. The van der Waals surface area contributed by atoms with E-state index in [1.165, 1.54) is 18.5 Å². The molecule has 0 aliphatic rings. The van der Waals surface area contributed by atoms with E-state index in [0.717, 1.165) is 13.1 Å². The van der Waals surface area contributed by atoms with Crippen molar-refractivity contribution >= 4 is 11.6 Å². The maximum absolute atomic E-state index is 11.7. The van der Waals surface area contributed by atoms with Crippen molar-refractivity contribution in [1.82, 2.24) is 5.32 Å². The van der Waals surface area contributed by atoms with Crippen LogP contribution >= 0.6 is 0 Å². The minimum absolute atomic E-state index is 0.0615. The molecule has 0 atom stereocenters. The van der Waals surface area contributed by atoms with E-state index < -0.39 is 0 Å². The van der Waals surface area contributed by atoms with Crippen molar-refractivity contribution in [1.29, 1.82) is 0 Å². The van der Waals surface area contributed by atoms with Crippen LogP contribution in [0, 0.1) is 0 Å². The highest BCUT2D eigenvalue weighted by molar-refractivity contribution is 5.94. The molecule has 1 aromatic rings. The van der Waals surface area contributed by atoms with Crippen molar-refractivity contribution in [3.63, 3.8) is 0 Å². The number of hydrogen-bond donors (Lipinski definition) is 2. The molecule has 1 aromatic carbocycles. The lowest BCUT2D eigenvalue weighted by atomic mass is 10.1. The minimum Gasteiger partial charge on any atom is -0.372 e. The number of anilines is 1. The summed E-state index contributed by atoms with van der Waals surface area (Å²) in [6.45, 7) is 7.36. The third-order valence-corrected chi connectivity index (χ3v) is 3.09. The van der Waals surface area contributed by atoms with E-state index in [-0.39, 0.29) is 5.91 Å². The zero-order valence-corrected chi connectivity index (χ0v) is 12.0. The molecule has 0 radical (unpaired) electrons. The van der Waals surface area contributed by atoms with Crippen molar-refractivity contribution in [3.8, 4) is 0 Å². The van der Waals surface area contributed by atoms with Crippen LogP contribution in [0.4, 0.5) is 5.69 Å². The van der Waals surface area contributed by atoms with E-state index in [1.54, 1.807) is 0 Å². The minimum atomic E-state index is -0.0615. The van der Waals surface area contributed by atoms with Gasteiger partial charge in [-0.1, -0.05) is 13.3 Å². The topological polar surface area (TPSA) is 58.4 Å². The van der Waals surface area contributed by atoms with Crippen LogP contribution in [0.25, 0.3) is 0 Å². The SMILES string of the molecule is CCCCN(CC)c1ccc(C(=O)NCCN)cc1. The van der Waals surface area contributed by atoms with Crippen LogP contribution < -0.4 is 16.0 Å². The molecule has 1 rings (SSSR count). The molecule has 0 aliphatic heterocycles. The quantitative estimate of drug-likeness (QED) is 0.754. The fraction of sp³-hybridized carbons (Fsp3) is 0.533. The van der Waals surface area contributed by atoms with Gasteiger partial charge in [-0.15, -0.1) is 0 Å². The maximum atomic E-state index is 11.7. The third kappa shape index (κ3) is 4.91. The Morgan fingerprint density at radius 2 is 1.95 bits per heavy atom. The molecular formula is C15H25N3O. The second-order valence-corrected chi connectivity index (χ2v) is 4.52. The molecule has 19 heavy (non-hydrogen) atoms. The summed E-state index contributed by atoms with van der Waals surface area (Å²) in [6, 6.07) is 7.76. The molecule has 0 aromatic heterocycles. The van der Waals surface area contributed by atoms with Crippen molar-refractivity contribution in [3.05, 3.63) is 29.8 Å². The van der Waals surface area contributed by atoms with Gasteiger partial charge >= 0.3 is 0 Å². The van der Waals surface area contributed by atoms with E-state index in [0.29, 0.717) is 18.7 Å². The molecule has 0 aliphatic carbocycles. The van der Waals surface area contributed by atoms with Crippen molar-refractivity contribution in [2.75, 3.05) is 31.1 Å². The molecule has 0 heterocycles. The van der Waals surface area contributed by atoms with Gasteiger partial charge in [0.05, 0.1) is 0 Å². The van der Waals surface area contributed by atoms with Crippen LogP contribution in [-0.4, -0.2) is 32.1 Å². The standard InChI is InChI=1S/C15H25N3O/c1-3-5-12-18(4-2)14-8-6-13(7-9-14)15(19)17-11-10-16/h6-9H,3-5,10-12,16H2,1-2H3,(H,17,19). The number of hydrogen-bond acceptors (Lipinski definition) is 3. The van der Waals surface area contributed by atoms with Gasteiger partial charge in [0.25, 0.3) is 5.91 Å². The van der Waals surface area contributed by atoms with E-state index in [4.69, 9.17) is 5.73 Å². The van der Waals surface area contributed by atoms with Crippen LogP contribution in [0.3, 0.4) is 0 Å². The summed E-state index contributed by atoms with van der Waals surface area (Å²) in [5.74, 6) is -0.0615. The summed E-state index contributed by atoms with van der Waals surface area (Å²) in [5.41, 5.74) is 7.22. The van der Waals surface area contributed by atoms with Gasteiger partial charge in [-0.05, 0) is 37.6 Å². The lowest BCUT2D eigenvalue weighted by Gasteiger charge is -2.23. The second-order valence-electron chi connectivity index (χ2n) is 4.52. The number of nitrogens with zero attached hydrogens (tertiary/aromatic N) is 1. The van der Waals surface area contributed by atoms with Gasteiger partial charge in [0.15, 0.2) is 0 Å². The Hall–Kier alpha value is -1.55. The first-order chi connectivity index (χ1) is 9.22. The number of rotatable bonds is 8. The van der Waals surface area contributed by atoms with Gasteiger partial charge in [-0.2, -0.15) is 0 Å². The molecular weight excluding hydrogens is 238 g/mol. The number of amides is 1.